The maximum absolute atomic E-state index is 12.1. The third-order valence-electron chi connectivity index (χ3n) is 5.04. The van der Waals surface area contributed by atoms with Crippen LogP contribution in [-0.4, -0.2) is 43.1 Å². The van der Waals surface area contributed by atoms with Crippen LogP contribution in [-0.2, 0) is 24.2 Å². The molecule has 0 amide bonds. The minimum Gasteiger partial charge on any atom is -0.481 e. The summed E-state index contributed by atoms with van der Waals surface area (Å²) in [4.78, 5) is 22.1. The number of carboxylic acids is 1. The van der Waals surface area contributed by atoms with Gasteiger partial charge >= 0.3 is 11.9 Å². The Balaban J connectivity index is 4.38. The Morgan fingerprint density at radius 2 is 1.43 bits per heavy atom. The lowest BCUT2D eigenvalue weighted by Gasteiger charge is -2.20. The molecule has 1 N–H and O–H groups in total. The highest BCUT2D eigenvalue weighted by Crippen LogP contribution is 2.21. The number of esters is 1. The predicted octanol–water partition coefficient (Wildman–Crippen LogP) is 4.90. The Hall–Kier alpha value is -1.11. The molecule has 28 heavy (non-hydrogen) atoms. The zero-order valence-corrected chi connectivity index (χ0v) is 18.8. The monoisotopic (exact) mass is 420 g/mol. The average Bonchev–Trinajstić information content (AvgIpc) is 2.61. The number of unbranched alkanes of at least 4 members (excludes halogenated alkanes) is 5. The molecule has 0 saturated carbocycles. The molecule has 0 bridgehead atoms. The number of ether oxygens (including phenoxy) is 1. The molecule has 0 radical (unpaired) electrons. The molecule has 0 aromatic carbocycles. The summed E-state index contributed by atoms with van der Waals surface area (Å²) in [6.45, 7) is 3.91. The Morgan fingerprint density at radius 3 is 2.00 bits per heavy atom. The summed E-state index contributed by atoms with van der Waals surface area (Å²) in [7, 11) is -3.12. The van der Waals surface area contributed by atoms with E-state index in [0.717, 1.165) is 51.4 Å². The van der Waals surface area contributed by atoms with E-state index >= 15 is 0 Å². The highest BCUT2D eigenvalue weighted by atomic mass is 32.2. The number of aliphatic carboxylic acids is 1. The minimum absolute atomic E-state index is 0.116. The van der Waals surface area contributed by atoms with E-state index in [4.69, 9.17) is 9.84 Å². The number of hydrogen-bond acceptors (Lipinski definition) is 5. The van der Waals surface area contributed by atoms with Gasteiger partial charge in [-0.2, -0.15) is 0 Å². The van der Waals surface area contributed by atoms with Crippen molar-refractivity contribution in [2.45, 2.75) is 115 Å². The first-order valence-electron chi connectivity index (χ1n) is 10.8. The number of carbonyl (C=O) groups is 2. The highest BCUT2D eigenvalue weighted by molar-refractivity contribution is 7.91. The Morgan fingerprint density at radius 1 is 0.857 bits per heavy atom. The summed E-state index contributed by atoms with van der Waals surface area (Å²) in [6, 6.07) is 0. The van der Waals surface area contributed by atoms with Crippen molar-refractivity contribution in [2.24, 2.45) is 0 Å². The molecule has 2 atom stereocenters. The van der Waals surface area contributed by atoms with Gasteiger partial charge in [0.25, 0.3) is 0 Å². The fourth-order valence-corrected chi connectivity index (χ4v) is 4.49. The Kier molecular flexibility index (Phi) is 15.1. The van der Waals surface area contributed by atoms with Crippen molar-refractivity contribution in [3.8, 4) is 0 Å². The van der Waals surface area contributed by atoms with Crippen molar-refractivity contribution < 1.29 is 27.9 Å². The molecular weight excluding hydrogens is 380 g/mol. The van der Waals surface area contributed by atoms with Gasteiger partial charge in [-0.05, 0) is 44.9 Å². The Bertz CT molecular complexity index is 529. The van der Waals surface area contributed by atoms with Crippen LogP contribution >= 0.6 is 0 Å². The molecule has 0 spiro atoms. The van der Waals surface area contributed by atoms with E-state index in [2.05, 4.69) is 6.92 Å². The van der Waals surface area contributed by atoms with Crippen molar-refractivity contribution in [3.05, 3.63) is 0 Å². The SMILES string of the molecule is CCCCCC(CCCC(CCCCCCC(=O)O)S(C)(=O)=O)OC(=O)CC. The molecule has 0 aliphatic rings. The van der Waals surface area contributed by atoms with Gasteiger partial charge in [0.1, 0.15) is 15.9 Å². The number of rotatable bonds is 18. The smallest absolute Gasteiger partial charge is 0.305 e. The van der Waals surface area contributed by atoms with Crippen LogP contribution in [0.15, 0.2) is 0 Å². The van der Waals surface area contributed by atoms with Gasteiger partial charge in [0.05, 0.1) is 5.25 Å². The van der Waals surface area contributed by atoms with E-state index in [1.54, 1.807) is 6.92 Å². The maximum atomic E-state index is 12.1. The lowest BCUT2D eigenvalue weighted by Crippen LogP contribution is -2.22. The third kappa shape index (κ3) is 14.9. The third-order valence-corrected chi connectivity index (χ3v) is 6.72. The second-order valence-electron chi connectivity index (χ2n) is 7.69. The summed E-state index contributed by atoms with van der Waals surface area (Å²) in [5.41, 5.74) is 0. The maximum Gasteiger partial charge on any atom is 0.305 e. The van der Waals surface area contributed by atoms with Gasteiger partial charge in [0, 0.05) is 19.1 Å². The van der Waals surface area contributed by atoms with Crippen LogP contribution in [0.25, 0.3) is 0 Å². The van der Waals surface area contributed by atoms with Crippen LogP contribution in [0, 0.1) is 0 Å². The molecule has 0 aromatic rings. The van der Waals surface area contributed by atoms with E-state index in [1.807, 2.05) is 0 Å². The average molecular weight is 421 g/mol. The second kappa shape index (κ2) is 15.8. The van der Waals surface area contributed by atoms with Gasteiger partial charge in [-0.25, -0.2) is 8.42 Å². The molecular formula is C21H40O6S. The summed E-state index contributed by atoms with van der Waals surface area (Å²) in [5.74, 6) is -0.978. The molecule has 0 aliphatic heterocycles. The van der Waals surface area contributed by atoms with Crippen LogP contribution in [0.5, 0.6) is 0 Å². The van der Waals surface area contributed by atoms with Gasteiger partial charge in [0.15, 0.2) is 0 Å². The molecule has 0 aromatic heterocycles. The molecule has 6 nitrogen and oxygen atoms in total. The first kappa shape index (κ1) is 26.9. The standard InChI is InChI=1S/C21H40O6S/c1-4-6-9-13-18(27-21(24)5-2)14-12-16-19(28(3,25)26)15-10-7-8-11-17-20(22)23/h18-19H,4-17H2,1-3H3,(H,22,23). The van der Waals surface area contributed by atoms with Crippen LogP contribution in [0.3, 0.4) is 0 Å². The van der Waals surface area contributed by atoms with Gasteiger partial charge in [-0.15, -0.1) is 0 Å². The fourth-order valence-electron chi connectivity index (χ4n) is 3.30. The van der Waals surface area contributed by atoms with Crippen LogP contribution in [0.4, 0.5) is 0 Å². The van der Waals surface area contributed by atoms with Gasteiger partial charge in [-0.3, -0.25) is 9.59 Å². The van der Waals surface area contributed by atoms with Crippen LogP contribution in [0.1, 0.15) is 104 Å². The molecule has 0 heterocycles. The van der Waals surface area contributed by atoms with Crippen molar-refractivity contribution in [1.29, 1.82) is 0 Å². The van der Waals surface area contributed by atoms with Crippen LogP contribution < -0.4 is 0 Å². The highest BCUT2D eigenvalue weighted by Gasteiger charge is 2.21. The number of sulfone groups is 1. The summed E-state index contributed by atoms with van der Waals surface area (Å²) in [6.07, 6.45) is 11.5. The minimum atomic E-state index is -3.12. The van der Waals surface area contributed by atoms with E-state index in [1.165, 1.54) is 6.26 Å². The zero-order chi connectivity index (χ0) is 21.4. The van der Waals surface area contributed by atoms with Crippen molar-refractivity contribution in [2.75, 3.05) is 6.26 Å². The fraction of sp³-hybridized carbons (Fsp3) is 0.905. The molecule has 7 heteroatoms. The zero-order valence-electron chi connectivity index (χ0n) is 18.0. The molecule has 0 rings (SSSR count). The topological polar surface area (TPSA) is 97.7 Å². The number of hydrogen-bond donors (Lipinski definition) is 1. The van der Waals surface area contributed by atoms with Crippen molar-refractivity contribution >= 4 is 21.8 Å². The summed E-state index contributed by atoms with van der Waals surface area (Å²) < 4.78 is 29.7. The van der Waals surface area contributed by atoms with Crippen molar-refractivity contribution in [3.63, 3.8) is 0 Å². The predicted molar refractivity (Wildman–Crippen MR) is 112 cm³/mol. The molecule has 0 saturated heterocycles. The van der Waals surface area contributed by atoms with Gasteiger partial charge in [0.2, 0.25) is 0 Å². The lowest BCUT2D eigenvalue weighted by molar-refractivity contribution is -0.149. The quantitative estimate of drug-likeness (QED) is 0.250. The molecule has 166 valence electrons. The van der Waals surface area contributed by atoms with Gasteiger partial charge < -0.3 is 9.84 Å². The first-order valence-corrected chi connectivity index (χ1v) is 12.8. The lowest BCUT2D eigenvalue weighted by atomic mass is 10.0. The largest absolute Gasteiger partial charge is 0.481 e. The van der Waals surface area contributed by atoms with E-state index in [-0.39, 0.29) is 23.7 Å². The number of carboxylic acid groups (broad SMARTS) is 1. The second-order valence-corrected chi connectivity index (χ2v) is 10.0. The molecule has 2 unspecified atom stereocenters. The van der Waals surface area contributed by atoms with E-state index in [0.29, 0.717) is 32.1 Å². The first-order chi connectivity index (χ1) is 13.2. The molecule has 0 aliphatic carbocycles. The normalized spacial score (nSPS) is 13.8. The summed E-state index contributed by atoms with van der Waals surface area (Å²) in [5, 5.41) is 8.26. The number of carbonyl (C=O) groups excluding carboxylic acids is 1. The van der Waals surface area contributed by atoms with E-state index in [9.17, 15) is 18.0 Å². The van der Waals surface area contributed by atoms with Gasteiger partial charge in [-0.1, -0.05) is 46.0 Å². The van der Waals surface area contributed by atoms with Crippen molar-refractivity contribution in [1.82, 2.24) is 0 Å². The Labute approximate surface area is 171 Å². The van der Waals surface area contributed by atoms with E-state index < -0.39 is 15.8 Å². The van der Waals surface area contributed by atoms with Crippen LogP contribution in [0.2, 0.25) is 0 Å². The summed E-state index contributed by atoms with van der Waals surface area (Å²) >= 11 is 0. The molecule has 0 fully saturated rings.